The lowest BCUT2D eigenvalue weighted by atomic mass is 10.1. The highest BCUT2D eigenvalue weighted by Gasteiger charge is 2.01. The Morgan fingerprint density at radius 1 is 1.10 bits per heavy atom. The molecule has 4 nitrogen and oxygen atoms in total. The van der Waals surface area contributed by atoms with Crippen LogP contribution in [0.25, 0.3) is 11.0 Å². The summed E-state index contributed by atoms with van der Waals surface area (Å²) in [5, 5.41) is 4.36. The van der Waals surface area contributed by atoms with E-state index in [2.05, 4.69) is 51.7 Å². The number of fused-ring (bicyclic) bond motifs is 1. The van der Waals surface area contributed by atoms with E-state index >= 15 is 0 Å². The summed E-state index contributed by atoms with van der Waals surface area (Å²) < 4.78 is 0. The van der Waals surface area contributed by atoms with Crippen molar-refractivity contribution in [2.24, 2.45) is 5.10 Å². The molecule has 0 atom stereocenters. The fraction of sp³-hybridized carbons (Fsp3) is 0.125. The van der Waals surface area contributed by atoms with E-state index in [1.165, 1.54) is 5.56 Å². The van der Waals surface area contributed by atoms with Crippen molar-refractivity contribution < 1.29 is 0 Å². The van der Waals surface area contributed by atoms with E-state index in [0.717, 1.165) is 22.3 Å². The number of aromatic nitrogens is 2. The first kappa shape index (κ1) is 12.4. The van der Waals surface area contributed by atoms with Crippen molar-refractivity contribution >= 4 is 22.7 Å². The molecule has 1 aromatic heterocycles. The molecule has 0 bridgehead atoms. The Morgan fingerprint density at radius 3 is 2.60 bits per heavy atom. The van der Waals surface area contributed by atoms with Crippen molar-refractivity contribution in [3.63, 3.8) is 0 Å². The molecule has 0 spiro atoms. The zero-order chi connectivity index (χ0) is 13.9. The predicted octanol–water partition coefficient (Wildman–Crippen LogP) is 3.71. The smallest absolute Gasteiger partial charge is 0.222 e. The van der Waals surface area contributed by atoms with Crippen LogP contribution in [-0.4, -0.2) is 15.7 Å². The molecule has 0 radical (unpaired) electrons. The third kappa shape index (κ3) is 2.54. The Morgan fingerprint density at radius 2 is 1.85 bits per heavy atom. The van der Waals surface area contributed by atoms with Crippen LogP contribution in [0, 0.1) is 6.92 Å². The van der Waals surface area contributed by atoms with Gasteiger partial charge in [-0.1, -0.05) is 42.0 Å². The highest BCUT2D eigenvalue weighted by atomic mass is 15.4. The van der Waals surface area contributed by atoms with Gasteiger partial charge in [0, 0.05) is 0 Å². The number of rotatable bonds is 3. The molecule has 0 amide bonds. The molecule has 1 heterocycles. The zero-order valence-corrected chi connectivity index (χ0v) is 11.5. The molecule has 4 heteroatoms. The number of nitrogens with zero attached hydrogens (tertiary/aromatic N) is 2. The Kier molecular flexibility index (Phi) is 3.21. The van der Waals surface area contributed by atoms with Crippen molar-refractivity contribution in [3.8, 4) is 0 Å². The molecule has 0 fully saturated rings. The van der Waals surface area contributed by atoms with Gasteiger partial charge in [-0.3, -0.25) is 0 Å². The quantitative estimate of drug-likeness (QED) is 0.559. The largest absolute Gasteiger partial charge is 0.323 e. The first-order valence-corrected chi connectivity index (χ1v) is 6.54. The number of hydrogen-bond acceptors (Lipinski definition) is 3. The number of aryl methyl sites for hydroxylation is 1. The van der Waals surface area contributed by atoms with Crippen molar-refractivity contribution in [1.29, 1.82) is 0 Å². The molecule has 0 saturated carbocycles. The summed E-state index contributed by atoms with van der Waals surface area (Å²) >= 11 is 0. The molecule has 0 aliphatic heterocycles. The SMILES string of the molecule is C/C(=N\Nc1nc2ccccc2[nH]1)c1ccc(C)cc1. The van der Waals surface area contributed by atoms with E-state index in [1.54, 1.807) is 0 Å². The summed E-state index contributed by atoms with van der Waals surface area (Å²) in [5.41, 5.74) is 8.16. The molecule has 0 unspecified atom stereocenters. The first-order valence-electron chi connectivity index (χ1n) is 6.54. The molecule has 3 rings (SSSR count). The second-order valence-corrected chi connectivity index (χ2v) is 4.78. The molecule has 0 aliphatic carbocycles. The summed E-state index contributed by atoms with van der Waals surface area (Å²) in [7, 11) is 0. The van der Waals surface area contributed by atoms with Gasteiger partial charge < -0.3 is 4.98 Å². The number of H-pyrrole nitrogens is 1. The Bertz CT molecular complexity index is 721. The second-order valence-electron chi connectivity index (χ2n) is 4.78. The van der Waals surface area contributed by atoms with Crippen LogP contribution in [0.3, 0.4) is 0 Å². The van der Waals surface area contributed by atoms with E-state index < -0.39 is 0 Å². The van der Waals surface area contributed by atoms with Crippen LogP contribution in [-0.2, 0) is 0 Å². The maximum atomic E-state index is 4.42. The van der Waals surface area contributed by atoms with Gasteiger partial charge in [-0.15, -0.1) is 0 Å². The Hall–Kier alpha value is -2.62. The fourth-order valence-electron chi connectivity index (χ4n) is 2.00. The standard InChI is InChI=1S/C16H16N4/c1-11-7-9-13(10-8-11)12(2)19-20-16-17-14-5-3-4-6-15(14)18-16/h3-10H,1-2H3,(H2,17,18,20)/b19-12+. The minimum atomic E-state index is 0.651. The summed E-state index contributed by atoms with van der Waals surface area (Å²) in [5.74, 6) is 0.651. The number of nitrogens with one attached hydrogen (secondary N) is 2. The molecule has 20 heavy (non-hydrogen) atoms. The van der Waals surface area contributed by atoms with Gasteiger partial charge in [-0.2, -0.15) is 5.10 Å². The average molecular weight is 264 g/mol. The normalized spacial score (nSPS) is 11.8. The van der Waals surface area contributed by atoms with Crippen molar-refractivity contribution in [2.45, 2.75) is 13.8 Å². The van der Waals surface area contributed by atoms with E-state index in [1.807, 2.05) is 31.2 Å². The Balaban J connectivity index is 1.80. The lowest BCUT2D eigenvalue weighted by Crippen LogP contribution is -2.00. The Labute approximate surface area is 117 Å². The number of anilines is 1. The molecular weight excluding hydrogens is 248 g/mol. The maximum absolute atomic E-state index is 4.42. The fourth-order valence-corrected chi connectivity index (χ4v) is 2.00. The number of aromatic amines is 1. The van der Waals surface area contributed by atoms with Crippen LogP contribution in [0.5, 0.6) is 0 Å². The molecule has 2 aromatic carbocycles. The second kappa shape index (κ2) is 5.17. The monoisotopic (exact) mass is 264 g/mol. The van der Waals surface area contributed by atoms with Crippen LogP contribution in [0.2, 0.25) is 0 Å². The number of imidazole rings is 1. The molecule has 0 aliphatic rings. The maximum Gasteiger partial charge on any atom is 0.222 e. The van der Waals surface area contributed by atoms with E-state index in [0.29, 0.717) is 5.95 Å². The molecule has 100 valence electrons. The molecular formula is C16H16N4. The minimum Gasteiger partial charge on any atom is -0.323 e. The number of hydrogen-bond donors (Lipinski definition) is 2. The summed E-state index contributed by atoms with van der Waals surface area (Å²) in [6.07, 6.45) is 0. The van der Waals surface area contributed by atoms with Crippen LogP contribution in [0.4, 0.5) is 5.95 Å². The van der Waals surface area contributed by atoms with Gasteiger partial charge >= 0.3 is 0 Å². The van der Waals surface area contributed by atoms with E-state index in [4.69, 9.17) is 0 Å². The number of hydrazone groups is 1. The van der Waals surface area contributed by atoms with Crippen molar-refractivity contribution in [3.05, 3.63) is 59.7 Å². The number of para-hydroxylation sites is 2. The van der Waals surface area contributed by atoms with Crippen molar-refractivity contribution in [1.82, 2.24) is 9.97 Å². The van der Waals surface area contributed by atoms with Gasteiger partial charge in [-0.05, 0) is 31.5 Å². The molecule has 0 saturated heterocycles. The third-order valence-corrected chi connectivity index (χ3v) is 3.19. The van der Waals surface area contributed by atoms with Crippen LogP contribution in [0.1, 0.15) is 18.1 Å². The first-order chi connectivity index (χ1) is 9.72. The average Bonchev–Trinajstić information content (AvgIpc) is 2.88. The van der Waals surface area contributed by atoms with Crippen molar-refractivity contribution in [2.75, 3.05) is 5.43 Å². The van der Waals surface area contributed by atoms with E-state index in [9.17, 15) is 0 Å². The third-order valence-electron chi connectivity index (χ3n) is 3.19. The van der Waals surface area contributed by atoms with Crippen LogP contribution in [0.15, 0.2) is 53.6 Å². The summed E-state index contributed by atoms with van der Waals surface area (Å²) in [4.78, 5) is 7.60. The number of benzene rings is 2. The van der Waals surface area contributed by atoms with E-state index in [-0.39, 0.29) is 0 Å². The van der Waals surface area contributed by atoms with Crippen LogP contribution < -0.4 is 5.43 Å². The van der Waals surface area contributed by atoms with Crippen LogP contribution >= 0.6 is 0 Å². The highest BCUT2D eigenvalue weighted by Crippen LogP contribution is 2.13. The zero-order valence-electron chi connectivity index (χ0n) is 11.5. The van der Waals surface area contributed by atoms with Gasteiger partial charge in [0.1, 0.15) is 0 Å². The lowest BCUT2D eigenvalue weighted by Gasteiger charge is -2.01. The summed E-state index contributed by atoms with van der Waals surface area (Å²) in [6, 6.07) is 16.2. The van der Waals surface area contributed by atoms with Gasteiger partial charge in [0.05, 0.1) is 16.7 Å². The lowest BCUT2D eigenvalue weighted by molar-refractivity contribution is 1.20. The van der Waals surface area contributed by atoms with Gasteiger partial charge in [-0.25, -0.2) is 10.4 Å². The highest BCUT2D eigenvalue weighted by molar-refractivity contribution is 5.99. The van der Waals surface area contributed by atoms with Gasteiger partial charge in [0.2, 0.25) is 5.95 Å². The van der Waals surface area contributed by atoms with Gasteiger partial charge in [0.15, 0.2) is 0 Å². The predicted molar refractivity (Wildman–Crippen MR) is 83.1 cm³/mol. The summed E-state index contributed by atoms with van der Waals surface area (Å²) in [6.45, 7) is 4.04. The minimum absolute atomic E-state index is 0.651. The molecule has 3 aromatic rings. The molecule has 2 N–H and O–H groups in total. The topological polar surface area (TPSA) is 53.1 Å². The van der Waals surface area contributed by atoms with Gasteiger partial charge in [0.25, 0.3) is 0 Å².